The van der Waals surface area contributed by atoms with Crippen LogP contribution in [0.5, 0.6) is 0 Å². The highest BCUT2D eigenvalue weighted by Gasteiger charge is 2.21. The van der Waals surface area contributed by atoms with Gasteiger partial charge in [0.1, 0.15) is 0 Å². The summed E-state index contributed by atoms with van der Waals surface area (Å²) in [5.41, 5.74) is 1.03. The number of rotatable bonds is 2. The second-order valence-corrected chi connectivity index (χ2v) is 4.30. The average molecular weight is 219 g/mol. The molecule has 0 radical (unpaired) electrons. The third-order valence-corrected chi connectivity index (χ3v) is 2.95. The first-order valence-electron chi connectivity index (χ1n) is 5.75. The van der Waals surface area contributed by atoms with Gasteiger partial charge in [0.05, 0.1) is 12.5 Å². The Labute approximate surface area is 95.7 Å². The van der Waals surface area contributed by atoms with E-state index in [2.05, 4.69) is 0 Å². The highest BCUT2D eigenvalue weighted by atomic mass is 16.3. The van der Waals surface area contributed by atoms with Gasteiger partial charge in [0.25, 0.3) is 0 Å². The molecule has 2 rings (SSSR count). The summed E-state index contributed by atoms with van der Waals surface area (Å²) in [6.07, 6.45) is 1.82. The van der Waals surface area contributed by atoms with E-state index in [-0.39, 0.29) is 12.0 Å². The molecule has 1 aliphatic heterocycles. The van der Waals surface area contributed by atoms with Gasteiger partial charge in [-0.15, -0.1) is 0 Å². The van der Waals surface area contributed by atoms with Crippen molar-refractivity contribution < 1.29 is 9.90 Å². The summed E-state index contributed by atoms with van der Waals surface area (Å²) < 4.78 is 0. The van der Waals surface area contributed by atoms with Crippen molar-refractivity contribution >= 4 is 5.91 Å². The van der Waals surface area contributed by atoms with E-state index in [1.54, 1.807) is 4.90 Å². The van der Waals surface area contributed by atoms with E-state index in [9.17, 15) is 9.90 Å². The summed E-state index contributed by atoms with van der Waals surface area (Å²) in [5.74, 6) is 0.116. The van der Waals surface area contributed by atoms with Crippen molar-refractivity contribution in [2.45, 2.75) is 25.4 Å². The van der Waals surface area contributed by atoms with Crippen molar-refractivity contribution in [1.82, 2.24) is 4.90 Å². The Kier molecular flexibility index (Phi) is 3.57. The first-order valence-corrected chi connectivity index (χ1v) is 5.75. The van der Waals surface area contributed by atoms with Crippen LogP contribution in [0.4, 0.5) is 0 Å². The number of hydrogen-bond acceptors (Lipinski definition) is 2. The number of aliphatic hydroxyl groups is 1. The van der Waals surface area contributed by atoms with Gasteiger partial charge >= 0.3 is 0 Å². The van der Waals surface area contributed by atoms with E-state index in [0.29, 0.717) is 13.0 Å². The Hall–Kier alpha value is -1.35. The second kappa shape index (κ2) is 5.12. The molecule has 0 saturated carbocycles. The van der Waals surface area contributed by atoms with Crippen LogP contribution < -0.4 is 0 Å². The van der Waals surface area contributed by atoms with E-state index in [1.807, 2.05) is 30.3 Å². The Morgan fingerprint density at radius 2 is 2.12 bits per heavy atom. The molecule has 1 aromatic carbocycles. The molecule has 1 atom stereocenters. The number of piperidine rings is 1. The molecule has 1 unspecified atom stereocenters. The fourth-order valence-corrected chi connectivity index (χ4v) is 2.06. The van der Waals surface area contributed by atoms with Crippen LogP contribution in [0.25, 0.3) is 0 Å². The van der Waals surface area contributed by atoms with Crippen LogP contribution >= 0.6 is 0 Å². The van der Waals surface area contributed by atoms with E-state index < -0.39 is 0 Å². The van der Waals surface area contributed by atoms with Crippen LogP contribution in [0.3, 0.4) is 0 Å². The number of β-amino-alcohol motifs (C(OH)–C–C–N with tert-alkyl or cyclic N) is 1. The lowest BCUT2D eigenvalue weighted by atomic mass is 10.1. The number of amides is 1. The molecule has 1 heterocycles. The topological polar surface area (TPSA) is 40.5 Å². The maximum atomic E-state index is 11.9. The third kappa shape index (κ3) is 2.83. The van der Waals surface area contributed by atoms with Crippen molar-refractivity contribution in [3.63, 3.8) is 0 Å². The van der Waals surface area contributed by atoms with Crippen molar-refractivity contribution in [2.75, 3.05) is 13.1 Å². The molecule has 1 aliphatic rings. The average Bonchev–Trinajstić information content (AvgIpc) is 2.30. The summed E-state index contributed by atoms with van der Waals surface area (Å²) in [4.78, 5) is 13.7. The quantitative estimate of drug-likeness (QED) is 0.812. The molecule has 0 aromatic heterocycles. The zero-order valence-electron chi connectivity index (χ0n) is 9.30. The number of benzene rings is 1. The maximum Gasteiger partial charge on any atom is 0.227 e. The van der Waals surface area contributed by atoms with E-state index in [4.69, 9.17) is 0 Å². The molecular formula is C13H17NO2. The highest BCUT2D eigenvalue weighted by Crippen LogP contribution is 2.11. The Bertz CT molecular complexity index is 350. The Morgan fingerprint density at radius 3 is 2.81 bits per heavy atom. The molecule has 3 heteroatoms. The molecule has 0 spiro atoms. The first-order chi connectivity index (χ1) is 7.75. The van der Waals surface area contributed by atoms with Gasteiger partial charge in [-0.2, -0.15) is 0 Å². The van der Waals surface area contributed by atoms with Gasteiger partial charge in [-0.05, 0) is 18.4 Å². The third-order valence-electron chi connectivity index (χ3n) is 2.95. The number of likely N-dealkylation sites (tertiary alicyclic amines) is 1. The maximum absolute atomic E-state index is 11.9. The number of carbonyl (C=O) groups excluding carboxylic acids is 1. The van der Waals surface area contributed by atoms with Crippen LogP contribution in [0, 0.1) is 0 Å². The smallest absolute Gasteiger partial charge is 0.227 e. The van der Waals surface area contributed by atoms with E-state index >= 15 is 0 Å². The van der Waals surface area contributed by atoms with Crippen LogP contribution in [0.1, 0.15) is 18.4 Å². The van der Waals surface area contributed by atoms with Crippen LogP contribution in [0.2, 0.25) is 0 Å². The van der Waals surface area contributed by atoms with Crippen molar-refractivity contribution in [3.8, 4) is 0 Å². The molecule has 1 N–H and O–H groups in total. The molecule has 3 nitrogen and oxygen atoms in total. The van der Waals surface area contributed by atoms with Crippen LogP contribution in [-0.4, -0.2) is 35.1 Å². The molecular weight excluding hydrogens is 202 g/mol. The largest absolute Gasteiger partial charge is 0.391 e. The van der Waals surface area contributed by atoms with Crippen LogP contribution in [0.15, 0.2) is 30.3 Å². The number of carbonyl (C=O) groups is 1. The molecule has 1 fully saturated rings. The molecule has 0 aliphatic carbocycles. The Morgan fingerprint density at radius 1 is 1.38 bits per heavy atom. The summed E-state index contributed by atoms with van der Waals surface area (Å²) in [6, 6.07) is 9.73. The fourth-order valence-electron chi connectivity index (χ4n) is 2.06. The van der Waals surface area contributed by atoms with Gasteiger partial charge in [-0.1, -0.05) is 30.3 Å². The molecule has 1 aromatic rings. The van der Waals surface area contributed by atoms with Gasteiger partial charge in [-0.25, -0.2) is 0 Å². The van der Waals surface area contributed by atoms with Gasteiger partial charge in [-0.3, -0.25) is 4.79 Å². The summed E-state index contributed by atoms with van der Waals surface area (Å²) >= 11 is 0. The SMILES string of the molecule is O=C(Cc1ccccc1)N1CCCC(O)C1. The van der Waals surface area contributed by atoms with Gasteiger partial charge in [0, 0.05) is 13.1 Å². The lowest BCUT2D eigenvalue weighted by Crippen LogP contribution is -2.42. The molecule has 16 heavy (non-hydrogen) atoms. The number of aliphatic hydroxyl groups excluding tert-OH is 1. The standard InChI is InChI=1S/C13H17NO2/c15-12-7-4-8-14(10-12)13(16)9-11-5-2-1-3-6-11/h1-3,5-6,12,15H,4,7-10H2. The monoisotopic (exact) mass is 219 g/mol. The predicted molar refractivity (Wildman–Crippen MR) is 62.0 cm³/mol. The van der Waals surface area contributed by atoms with Crippen LogP contribution in [-0.2, 0) is 11.2 Å². The zero-order valence-corrected chi connectivity index (χ0v) is 9.30. The summed E-state index contributed by atoms with van der Waals surface area (Å²) in [6.45, 7) is 1.27. The lowest BCUT2D eigenvalue weighted by Gasteiger charge is -2.30. The fraction of sp³-hybridized carbons (Fsp3) is 0.462. The summed E-state index contributed by atoms with van der Waals surface area (Å²) in [7, 11) is 0. The second-order valence-electron chi connectivity index (χ2n) is 4.30. The van der Waals surface area contributed by atoms with Gasteiger partial charge < -0.3 is 10.0 Å². The lowest BCUT2D eigenvalue weighted by molar-refractivity contribution is -0.133. The molecule has 1 saturated heterocycles. The normalized spacial score (nSPS) is 20.8. The predicted octanol–water partition coefficient (Wildman–Crippen LogP) is 1.21. The van der Waals surface area contributed by atoms with Crippen molar-refractivity contribution in [2.24, 2.45) is 0 Å². The minimum Gasteiger partial charge on any atom is -0.391 e. The summed E-state index contributed by atoms with van der Waals surface area (Å²) in [5, 5.41) is 9.50. The number of hydrogen-bond donors (Lipinski definition) is 1. The van der Waals surface area contributed by atoms with Crippen molar-refractivity contribution in [1.29, 1.82) is 0 Å². The molecule has 0 bridgehead atoms. The molecule has 86 valence electrons. The van der Waals surface area contributed by atoms with Gasteiger partial charge in [0.15, 0.2) is 0 Å². The molecule has 1 amide bonds. The van der Waals surface area contributed by atoms with E-state index in [1.165, 1.54) is 0 Å². The minimum absolute atomic E-state index is 0.116. The minimum atomic E-state index is -0.339. The van der Waals surface area contributed by atoms with Gasteiger partial charge in [0.2, 0.25) is 5.91 Å². The van der Waals surface area contributed by atoms with E-state index in [0.717, 1.165) is 24.9 Å². The van der Waals surface area contributed by atoms with Crippen molar-refractivity contribution in [3.05, 3.63) is 35.9 Å². The first kappa shape index (κ1) is 11.1. The zero-order chi connectivity index (χ0) is 11.4. The highest BCUT2D eigenvalue weighted by molar-refractivity contribution is 5.78. The Balaban J connectivity index is 1.93. The number of nitrogens with zero attached hydrogens (tertiary/aromatic N) is 1.